The number of benzene rings is 1. The normalized spacial score (nSPS) is 17.0. The highest BCUT2D eigenvalue weighted by atomic mass is 16.5. The van der Waals surface area contributed by atoms with E-state index in [1.165, 1.54) is 0 Å². The van der Waals surface area contributed by atoms with Crippen LogP contribution >= 0.6 is 0 Å². The summed E-state index contributed by atoms with van der Waals surface area (Å²) in [5, 5.41) is 0. The van der Waals surface area contributed by atoms with E-state index >= 15 is 0 Å². The molecule has 1 unspecified atom stereocenters. The molecule has 1 aliphatic heterocycles. The summed E-state index contributed by atoms with van der Waals surface area (Å²) in [6, 6.07) is 5.78. The second-order valence-electron chi connectivity index (χ2n) is 3.64. The first-order valence-corrected chi connectivity index (χ1v) is 5.36. The van der Waals surface area contributed by atoms with E-state index in [2.05, 4.69) is 11.8 Å². The second-order valence-corrected chi connectivity index (χ2v) is 3.64. The monoisotopic (exact) mass is 217 g/mol. The number of hydrogen-bond acceptors (Lipinski definition) is 3. The Hall–Kier alpha value is -1.66. The van der Waals surface area contributed by atoms with Gasteiger partial charge >= 0.3 is 0 Å². The first kappa shape index (κ1) is 10.8. The molecule has 16 heavy (non-hydrogen) atoms. The third-order valence-corrected chi connectivity index (χ3v) is 2.48. The molecule has 3 nitrogen and oxygen atoms in total. The minimum atomic E-state index is -0.00462. The van der Waals surface area contributed by atoms with Crippen LogP contribution in [0.5, 0.6) is 11.5 Å². The summed E-state index contributed by atoms with van der Waals surface area (Å²) in [6.07, 6.45) is 0.744. The van der Waals surface area contributed by atoms with Crippen molar-refractivity contribution in [2.75, 3.05) is 13.2 Å². The largest absolute Gasteiger partial charge is 0.492 e. The Kier molecular flexibility index (Phi) is 3.33. The maximum Gasteiger partial charge on any atom is 0.127 e. The SMILES string of the molecule is CC#CCCOc1ccc2c(c1)OCC2N. The van der Waals surface area contributed by atoms with Gasteiger partial charge in [-0.1, -0.05) is 0 Å². The first-order chi connectivity index (χ1) is 7.81. The lowest BCUT2D eigenvalue weighted by atomic mass is 10.1. The number of ether oxygens (including phenoxy) is 2. The molecule has 3 heteroatoms. The van der Waals surface area contributed by atoms with E-state index in [4.69, 9.17) is 15.2 Å². The zero-order valence-corrected chi connectivity index (χ0v) is 9.32. The summed E-state index contributed by atoms with van der Waals surface area (Å²) >= 11 is 0. The quantitative estimate of drug-likeness (QED) is 0.621. The summed E-state index contributed by atoms with van der Waals surface area (Å²) in [4.78, 5) is 0. The van der Waals surface area contributed by atoms with Gasteiger partial charge in [-0.25, -0.2) is 0 Å². The highest BCUT2D eigenvalue weighted by Gasteiger charge is 2.20. The van der Waals surface area contributed by atoms with E-state index in [1.54, 1.807) is 0 Å². The zero-order valence-electron chi connectivity index (χ0n) is 9.32. The van der Waals surface area contributed by atoms with Crippen molar-refractivity contribution in [3.05, 3.63) is 23.8 Å². The molecule has 1 atom stereocenters. The second kappa shape index (κ2) is 4.91. The van der Waals surface area contributed by atoms with Crippen molar-refractivity contribution in [3.8, 4) is 23.3 Å². The number of nitrogens with two attached hydrogens (primary N) is 1. The predicted molar refractivity (Wildman–Crippen MR) is 62.4 cm³/mol. The van der Waals surface area contributed by atoms with Gasteiger partial charge in [0.1, 0.15) is 18.1 Å². The fraction of sp³-hybridized carbons (Fsp3) is 0.385. The Morgan fingerprint density at radius 1 is 1.56 bits per heavy atom. The highest BCUT2D eigenvalue weighted by Crippen LogP contribution is 2.33. The van der Waals surface area contributed by atoms with Gasteiger partial charge in [-0.15, -0.1) is 11.8 Å². The van der Waals surface area contributed by atoms with Crippen molar-refractivity contribution < 1.29 is 9.47 Å². The predicted octanol–water partition coefficient (Wildman–Crippen LogP) is 1.87. The lowest BCUT2D eigenvalue weighted by molar-refractivity contribution is 0.316. The average Bonchev–Trinajstić information content (AvgIpc) is 2.66. The van der Waals surface area contributed by atoms with Gasteiger partial charge in [-0.05, 0) is 19.1 Å². The fourth-order valence-electron chi connectivity index (χ4n) is 1.65. The Balaban J connectivity index is 1.98. The molecule has 84 valence electrons. The summed E-state index contributed by atoms with van der Waals surface area (Å²) in [5.74, 6) is 7.43. The van der Waals surface area contributed by atoms with Crippen LogP contribution in [0.25, 0.3) is 0 Å². The van der Waals surface area contributed by atoms with Gasteiger partial charge in [0, 0.05) is 18.1 Å². The van der Waals surface area contributed by atoms with Gasteiger partial charge in [0.05, 0.1) is 12.6 Å². The van der Waals surface area contributed by atoms with Crippen LogP contribution in [-0.2, 0) is 0 Å². The van der Waals surface area contributed by atoms with Crippen molar-refractivity contribution in [2.24, 2.45) is 5.73 Å². The Bertz CT molecular complexity index is 431. The van der Waals surface area contributed by atoms with Gasteiger partial charge in [-0.3, -0.25) is 0 Å². The number of fused-ring (bicyclic) bond motifs is 1. The Morgan fingerprint density at radius 2 is 2.44 bits per heavy atom. The van der Waals surface area contributed by atoms with Crippen LogP contribution in [-0.4, -0.2) is 13.2 Å². The molecule has 1 aliphatic rings. The molecule has 0 saturated carbocycles. The minimum Gasteiger partial charge on any atom is -0.492 e. The molecule has 0 aliphatic carbocycles. The van der Waals surface area contributed by atoms with E-state index < -0.39 is 0 Å². The van der Waals surface area contributed by atoms with Crippen LogP contribution in [0.1, 0.15) is 24.9 Å². The molecule has 2 rings (SSSR count). The first-order valence-electron chi connectivity index (χ1n) is 5.36. The van der Waals surface area contributed by atoms with Crippen LogP contribution in [0.15, 0.2) is 18.2 Å². The van der Waals surface area contributed by atoms with Crippen LogP contribution in [0.4, 0.5) is 0 Å². The van der Waals surface area contributed by atoms with E-state index in [0.717, 1.165) is 23.5 Å². The van der Waals surface area contributed by atoms with Gasteiger partial charge in [0.15, 0.2) is 0 Å². The van der Waals surface area contributed by atoms with Crippen LogP contribution in [0.3, 0.4) is 0 Å². The Labute approximate surface area is 95.5 Å². The molecule has 1 aromatic carbocycles. The van der Waals surface area contributed by atoms with Crippen LogP contribution < -0.4 is 15.2 Å². The molecule has 0 fully saturated rings. The molecular formula is C13H15NO2. The number of hydrogen-bond donors (Lipinski definition) is 1. The summed E-state index contributed by atoms with van der Waals surface area (Å²) in [6.45, 7) is 2.98. The molecule has 0 bridgehead atoms. The maximum atomic E-state index is 5.85. The average molecular weight is 217 g/mol. The third-order valence-electron chi connectivity index (χ3n) is 2.48. The molecule has 0 saturated heterocycles. The maximum absolute atomic E-state index is 5.85. The lowest BCUT2D eigenvalue weighted by Crippen LogP contribution is -2.10. The standard InChI is InChI=1S/C13H15NO2/c1-2-3-4-7-15-10-5-6-11-12(14)9-16-13(11)8-10/h5-6,8,12H,4,7,9,14H2,1H3. The molecule has 0 aromatic heterocycles. The third kappa shape index (κ3) is 2.29. The molecule has 1 aromatic rings. The fourth-order valence-corrected chi connectivity index (χ4v) is 1.65. The van der Waals surface area contributed by atoms with E-state index in [1.807, 2.05) is 25.1 Å². The van der Waals surface area contributed by atoms with Crippen molar-refractivity contribution in [3.63, 3.8) is 0 Å². The van der Waals surface area contributed by atoms with E-state index in [9.17, 15) is 0 Å². The molecule has 0 spiro atoms. The van der Waals surface area contributed by atoms with Crippen molar-refractivity contribution in [1.82, 2.24) is 0 Å². The lowest BCUT2D eigenvalue weighted by Gasteiger charge is -2.06. The van der Waals surface area contributed by atoms with Crippen molar-refractivity contribution >= 4 is 0 Å². The molecule has 0 amide bonds. The van der Waals surface area contributed by atoms with E-state index in [-0.39, 0.29) is 6.04 Å². The van der Waals surface area contributed by atoms with Crippen LogP contribution in [0.2, 0.25) is 0 Å². The van der Waals surface area contributed by atoms with Gasteiger partial charge in [0.2, 0.25) is 0 Å². The Morgan fingerprint density at radius 3 is 3.25 bits per heavy atom. The zero-order chi connectivity index (χ0) is 11.4. The van der Waals surface area contributed by atoms with Gasteiger partial charge in [0.25, 0.3) is 0 Å². The summed E-state index contributed by atoms with van der Waals surface area (Å²) < 4.78 is 11.0. The van der Waals surface area contributed by atoms with Gasteiger partial charge < -0.3 is 15.2 Å². The topological polar surface area (TPSA) is 44.5 Å². The molecule has 0 radical (unpaired) electrons. The molecular weight excluding hydrogens is 202 g/mol. The van der Waals surface area contributed by atoms with Crippen molar-refractivity contribution in [1.29, 1.82) is 0 Å². The molecule has 1 heterocycles. The number of rotatable bonds is 3. The highest BCUT2D eigenvalue weighted by molar-refractivity contribution is 5.44. The van der Waals surface area contributed by atoms with Gasteiger partial charge in [-0.2, -0.15) is 0 Å². The van der Waals surface area contributed by atoms with E-state index in [0.29, 0.717) is 13.2 Å². The van der Waals surface area contributed by atoms with Crippen LogP contribution in [0, 0.1) is 11.8 Å². The smallest absolute Gasteiger partial charge is 0.127 e. The summed E-state index contributed by atoms with van der Waals surface area (Å²) in [5.41, 5.74) is 6.91. The van der Waals surface area contributed by atoms with Crippen molar-refractivity contribution in [2.45, 2.75) is 19.4 Å². The molecule has 2 N–H and O–H groups in total. The summed E-state index contributed by atoms with van der Waals surface area (Å²) in [7, 11) is 0. The minimum absolute atomic E-state index is 0.00462.